The van der Waals surface area contributed by atoms with E-state index in [2.05, 4.69) is 68.6 Å². The molecule has 0 heterocycles. The highest BCUT2D eigenvalue weighted by atomic mass is 14.9. The third-order valence-electron chi connectivity index (χ3n) is 6.63. The van der Waals surface area contributed by atoms with E-state index in [4.69, 9.17) is 0 Å². The highest BCUT2D eigenvalue weighted by Gasteiger charge is 2.22. The molecule has 0 bridgehead atoms. The summed E-state index contributed by atoms with van der Waals surface area (Å²) >= 11 is 0. The van der Waals surface area contributed by atoms with Gasteiger partial charge in [0.25, 0.3) is 0 Å². The lowest BCUT2D eigenvalue weighted by molar-refractivity contribution is 0.408. The summed E-state index contributed by atoms with van der Waals surface area (Å²) in [5.74, 6) is 0.732. The smallest absolute Gasteiger partial charge is 0.0110 e. The van der Waals surface area contributed by atoms with E-state index in [1.165, 1.54) is 81.0 Å². The normalized spacial score (nSPS) is 13.5. The minimum Gasteiger partial charge on any atom is -0.314 e. The molecule has 1 aliphatic carbocycles. The molecule has 2 aromatic carbocycles. The molecule has 30 heavy (non-hydrogen) atoms. The maximum atomic E-state index is 3.92. The third kappa shape index (κ3) is 6.71. The van der Waals surface area contributed by atoms with Gasteiger partial charge in [-0.15, -0.1) is 0 Å². The number of benzene rings is 2. The maximum Gasteiger partial charge on any atom is 0.0110 e. The molecule has 1 nitrogen and oxygen atoms in total. The summed E-state index contributed by atoms with van der Waals surface area (Å²) < 4.78 is 0. The molecule has 0 saturated carbocycles. The molecule has 0 aromatic heterocycles. The predicted molar refractivity (Wildman–Crippen MR) is 132 cm³/mol. The molecule has 1 N–H and O–H groups in total. The first-order valence-corrected chi connectivity index (χ1v) is 12.6. The van der Waals surface area contributed by atoms with Gasteiger partial charge in [-0.2, -0.15) is 0 Å². The molecule has 2 aromatic rings. The van der Waals surface area contributed by atoms with Crippen LogP contribution in [0.4, 0.5) is 0 Å². The van der Waals surface area contributed by atoms with E-state index in [0.29, 0.717) is 6.04 Å². The van der Waals surface area contributed by atoms with Crippen LogP contribution in [0.5, 0.6) is 0 Å². The molecule has 0 spiro atoms. The number of nitrogens with one attached hydrogen (secondary N) is 1. The Morgan fingerprint density at radius 1 is 0.800 bits per heavy atom. The van der Waals surface area contributed by atoms with Crippen molar-refractivity contribution in [2.24, 2.45) is 5.92 Å². The van der Waals surface area contributed by atoms with Crippen LogP contribution in [0, 0.1) is 5.92 Å². The summed E-state index contributed by atoms with van der Waals surface area (Å²) in [6.07, 6.45) is 14.7. The van der Waals surface area contributed by atoms with Crippen molar-refractivity contribution < 1.29 is 0 Å². The van der Waals surface area contributed by atoms with Crippen molar-refractivity contribution in [3.63, 3.8) is 0 Å². The van der Waals surface area contributed by atoms with Gasteiger partial charge in [0.05, 0.1) is 0 Å². The Bertz CT molecular complexity index is 761. The average molecular weight is 406 g/mol. The highest BCUT2D eigenvalue weighted by molar-refractivity contribution is 5.77. The molecule has 0 amide bonds. The Balaban J connectivity index is 1.50. The number of hydrogen-bond acceptors (Lipinski definition) is 1. The molecule has 1 aliphatic rings. The molecular weight excluding hydrogens is 362 g/mol. The van der Waals surface area contributed by atoms with Gasteiger partial charge in [-0.1, -0.05) is 108 Å². The molecule has 0 radical (unpaired) electrons. The van der Waals surface area contributed by atoms with Crippen LogP contribution in [0.15, 0.2) is 42.5 Å². The van der Waals surface area contributed by atoms with E-state index in [9.17, 15) is 0 Å². The summed E-state index contributed by atoms with van der Waals surface area (Å²) in [6.45, 7) is 8.18. The zero-order chi connectivity index (χ0) is 21.2. The standard InChI is InChI=1S/C29H43N/c1-4-5-6-7-8-9-10-13-19-30-26(20-23(2)3)21-24-16-14-18-28-27-17-12-11-15-25(27)22-29(24)28/h11-12,14-18,23,26,30H,4-10,13,19-22H2,1-3H3/t26-/m1/s1. The fourth-order valence-electron chi connectivity index (χ4n) is 5.05. The van der Waals surface area contributed by atoms with Crippen LogP contribution in [-0.4, -0.2) is 12.6 Å². The van der Waals surface area contributed by atoms with Crippen LogP contribution >= 0.6 is 0 Å². The largest absolute Gasteiger partial charge is 0.314 e. The Morgan fingerprint density at radius 2 is 1.50 bits per heavy atom. The van der Waals surface area contributed by atoms with Crippen molar-refractivity contribution in [1.29, 1.82) is 0 Å². The van der Waals surface area contributed by atoms with Crippen molar-refractivity contribution in [3.8, 4) is 11.1 Å². The van der Waals surface area contributed by atoms with Gasteiger partial charge in [0.15, 0.2) is 0 Å². The Morgan fingerprint density at radius 3 is 2.27 bits per heavy atom. The Kier molecular flexibility index (Phi) is 9.46. The lowest BCUT2D eigenvalue weighted by atomic mass is 9.92. The topological polar surface area (TPSA) is 12.0 Å². The van der Waals surface area contributed by atoms with Crippen LogP contribution in [0.1, 0.15) is 95.2 Å². The van der Waals surface area contributed by atoms with Crippen LogP contribution < -0.4 is 5.32 Å². The summed E-state index contributed by atoms with van der Waals surface area (Å²) in [4.78, 5) is 0. The fourth-order valence-corrected chi connectivity index (χ4v) is 5.05. The van der Waals surface area contributed by atoms with Gasteiger partial charge in [-0.3, -0.25) is 0 Å². The molecule has 0 unspecified atom stereocenters. The first kappa shape index (κ1) is 23.1. The number of fused-ring (bicyclic) bond motifs is 3. The van der Waals surface area contributed by atoms with Gasteiger partial charge in [-0.25, -0.2) is 0 Å². The lowest BCUT2D eigenvalue weighted by Gasteiger charge is -2.22. The monoisotopic (exact) mass is 405 g/mol. The van der Waals surface area contributed by atoms with Crippen LogP contribution in [0.25, 0.3) is 11.1 Å². The summed E-state index contributed by atoms with van der Waals surface area (Å²) in [6, 6.07) is 16.5. The lowest BCUT2D eigenvalue weighted by Crippen LogP contribution is -2.33. The van der Waals surface area contributed by atoms with Crippen molar-refractivity contribution >= 4 is 0 Å². The van der Waals surface area contributed by atoms with Gasteiger partial charge in [0, 0.05) is 6.04 Å². The van der Waals surface area contributed by atoms with Gasteiger partial charge in [-0.05, 0) is 66.0 Å². The van der Waals surface area contributed by atoms with Gasteiger partial charge in [0.2, 0.25) is 0 Å². The number of rotatable bonds is 14. The van der Waals surface area contributed by atoms with E-state index in [1.807, 2.05) is 0 Å². The number of unbranched alkanes of at least 4 members (excludes halogenated alkanes) is 7. The van der Waals surface area contributed by atoms with Crippen molar-refractivity contribution in [2.75, 3.05) is 6.54 Å². The summed E-state index contributed by atoms with van der Waals surface area (Å²) in [5.41, 5.74) is 7.53. The van der Waals surface area contributed by atoms with Crippen LogP contribution in [0.3, 0.4) is 0 Å². The minimum absolute atomic E-state index is 0.588. The maximum absolute atomic E-state index is 3.92. The van der Waals surface area contributed by atoms with E-state index in [1.54, 1.807) is 11.1 Å². The van der Waals surface area contributed by atoms with Crippen molar-refractivity contribution in [3.05, 3.63) is 59.2 Å². The van der Waals surface area contributed by atoms with Crippen LogP contribution in [0.2, 0.25) is 0 Å². The third-order valence-corrected chi connectivity index (χ3v) is 6.63. The minimum atomic E-state index is 0.588. The molecule has 164 valence electrons. The molecule has 1 atom stereocenters. The van der Waals surface area contributed by atoms with Gasteiger partial charge in [0.1, 0.15) is 0 Å². The molecule has 3 rings (SSSR count). The van der Waals surface area contributed by atoms with E-state index in [0.717, 1.165) is 18.8 Å². The van der Waals surface area contributed by atoms with Gasteiger partial charge < -0.3 is 5.32 Å². The van der Waals surface area contributed by atoms with E-state index < -0.39 is 0 Å². The fraction of sp³-hybridized carbons (Fsp3) is 0.586. The van der Waals surface area contributed by atoms with E-state index in [-0.39, 0.29) is 0 Å². The van der Waals surface area contributed by atoms with E-state index >= 15 is 0 Å². The zero-order valence-electron chi connectivity index (χ0n) is 19.7. The summed E-state index contributed by atoms with van der Waals surface area (Å²) in [5, 5.41) is 3.92. The Hall–Kier alpha value is -1.60. The first-order valence-electron chi connectivity index (χ1n) is 12.6. The average Bonchev–Trinajstić information content (AvgIpc) is 3.12. The molecular formula is C29H43N. The highest BCUT2D eigenvalue weighted by Crippen LogP contribution is 2.38. The second kappa shape index (κ2) is 12.3. The SMILES string of the molecule is CCCCCCCCCCN[C@@H](Cc1cccc2c1Cc1ccccc1-2)CC(C)C. The zero-order valence-corrected chi connectivity index (χ0v) is 19.7. The Labute approximate surface area is 185 Å². The second-order valence-corrected chi connectivity index (χ2v) is 9.74. The van der Waals surface area contributed by atoms with Gasteiger partial charge >= 0.3 is 0 Å². The van der Waals surface area contributed by atoms with Crippen molar-refractivity contribution in [2.45, 2.75) is 97.4 Å². The molecule has 0 saturated heterocycles. The predicted octanol–water partition coefficient (Wildman–Crippen LogP) is 7.95. The van der Waals surface area contributed by atoms with Crippen LogP contribution in [-0.2, 0) is 12.8 Å². The van der Waals surface area contributed by atoms with Crippen molar-refractivity contribution in [1.82, 2.24) is 5.32 Å². The number of hydrogen-bond donors (Lipinski definition) is 1. The molecule has 0 aliphatic heterocycles. The summed E-state index contributed by atoms with van der Waals surface area (Å²) in [7, 11) is 0. The molecule has 1 heteroatoms. The quantitative estimate of drug-likeness (QED) is 0.268. The second-order valence-electron chi connectivity index (χ2n) is 9.74. The molecule has 0 fully saturated rings. The first-order chi connectivity index (χ1) is 14.7.